The first-order valence-corrected chi connectivity index (χ1v) is 8.84. The van der Waals surface area contributed by atoms with Crippen LogP contribution in [0.25, 0.3) is 22.2 Å². The summed E-state index contributed by atoms with van der Waals surface area (Å²) < 4.78 is 5.16. The molecule has 0 saturated carbocycles. The zero-order valence-electron chi connectivity index (χ0n) is 14.6. The van der Waals surface area contributed by atoms with Crippen molar-refractivity contribution in [1.82, 2.24) is 4.98 Å². The van der Waals surface area contributed by atoms with Crippen LogP contribution in [0, 0.1) is 0 Å². The fraction of sp³-hybridized carbons (Fsp3) is 0.0455. The van der Waals surface area contributed by atoms with Crippen molar-refractivity contribution in [2.45, 2.75) is 0 Å². The number of H-pyrrole nitrogens is 1. The van der Waals surface area contributed by atoms with Gasteiger partial charge in [0.2, 0.25) is 0 Å². The van der Waals surface area contributed by atoms with Crippen LogP contribution >= 0.6 is 11.6 Å². The summed E-state index contributed by atoms with van der Waals surface area (Å²) in [7, 11) is 1.58. The smallest absolute Gasteiger partial charge is 0.255 e. The summed E-state index contributed by atoms with van der Waals surface area (Å²) in [5.74, 6) is 0.471. The molecule has 0 radical (unpaired) electrons. The topological polar surface area (TPSA) is 54.1 Å². The van der Waals surface area contributed by atoms with Crippen LogP contribution in [-0.2, 0) is 0 Å². The fourth-order valence-corrected chi connectivity index (χ4v) is 3.14. The third-order valence-electron chi connectivity index (χ3n) is 4.37. The number of fused-ring (bicyclic) bond motifs is 1. The highest BCUT2D eigenvalue weighted by molar-refractivity contribution is 6.31. The molecule has 1 heterocycles. The van der Waals surface area contributed by atoms with Gasteiger partial charge in [-0.05, 0) is 60.2 Å². The minimum absolute atomic E-state index is 0.179. The molecule has 1 amide bonds. The second kappa shape index (κ2) is 7.17. The molecule has 0 bridgehead atoms. The Kier molecular flexibility index (Phi) is 4.57. The molecule has 4 aromatic rings. The van der Waals surface area contributed by atoms with Gasteiger partial charge in [-0.15, -0.1) is 0 Å². The Balaban J connectivity index is 1.53. The average molecular weight is 377 g/mol. The molecule has 5 heteroatoms. The van der Waals surface area contributed by atoms with E-state index in [2.05, 4.69) is 16.4 Å². The third kappa shape index (κ3) is 3.66. The standard InChI is InChI=1S/C22H17ClN2O2/c1-27-19-4-2-3-15(12-19)22(26)24-18-8-5-14(6-9-18)21-13-16-11-17(23)7-10-20(16)25-21/h2-13,25H,1H3,(H,24,26). The van der Waals surface area contributed by atoms with Gasteiger partial charge >= 0.3 is 0 Å². The van der Waals surface area contributed by atoms with Crippen LogP contribution in [0.15, 0.2) is 72.8 Å². The van der Waals surface area contributed by atoms with Crippen LogP contribution < -0.4 is 10.1 Å². The average Bonchev–Trinajstić information content (AvgIpc) is 3.11. The van der Waals surface area contributed by atoms with Crippen LogP contribution in [-0.4, -0.2) is 18.0 Å². The highest BCUT2D eigenvalue weighted by Gasteiger charge is 2.08. The Morgan fingerprint density at radius 2 is 1.81 bits per heavy atom. The van der Waals surface area contributed by atoms with E-state index in [1.54, 1.807) is 31.4 Å². The molecule has 4 rings (SSSR count). The lowest BCUT2D eigenvalue weighted by atomic mass is 10.1. The molecule has 134 valence electrons. The van der Waals surface area contributed by atoms with Crippen LogP contribution in [0.4, 0.5) is 5.69 Å². The van der Waals surface area contributed by atoms with Crippen molar-refractivity contribution < 1.29 is 9.53 Å². The van der Waals surface area contributed by atoms with Crippen molar-refractivity contribution in [3.05, 3.63) is 83.4 Å². The molecular formula is C22H17ClN2O2. The largest absolute Gasteiger partial charge is 0.497 e. The Morgan fingerprint density at radius 1 is 1.00 bits per heavy atom. The Bertz CT molecular complexity index is 1120. The highest BCUT2D eigenvalue weighted by atomic mass is 35.5. The van der Waals surface area contributed by atoms with E-state index in [0.717, 1.165) is 27.8 Å². The van der Waals surface area contributed by atoms with E-state index in [-0.39, 0.29) is 5.91 Å². The summed E-state index contributed by atoms with van der Waals surface area (Å²) in [6.45, 7) is 0. The molecular weight excluding hydrogens is 360 g/mol. The molecule has 27 heavy (non-hydrogen) atoms. The number of aromatic nitrogens is 1. The van der Waals surface area contributed by atoms with Gasteiger partial charge < -0.3 is 15.0 Å². The lowest BCUT2D eigenvalue weighted by Gasteiger charge is -2.07. The number of amides is 1. The summed E-state index contributed by atoms with van der Waals surface area (Å²) in [6, 6.07) is 22.6. The number of hydrogen-bond acceptors (Lipinski definition) is 2. The predicted molar refractivity (Wildman–Crippen MR) is 110 cm³/mol. The molecule has 0 unspecified atom stereocenters. The number of nitrogens with one attached hydrogen (secondary N) is 2. The molecule has 0 saturated heterocycles. The summed E-state index contributed by atoms with van der Waals surface area (Å²) in [4.78, 5) is 15.8. The molecule has 0 fully saturated rings. The monoisotopic (exact) mass is 376 g/mol. The maximum atomic E-state index is 12.4. The molecule has 3 aromatic carbocycles. The van der Waals surface area contributed by atoms with E-state index in [4.69, 9.17) is 16.3 Å². The van der Waals surface area contributed by atoms with Crippen molar-refractivity contribution in [2.75, 3.05) is 12.4 Å². The summed E-state index contributed by atoms with van der Waals surface area (Å²) in [5.41, 5.74) is 4.33. The quantitative estimate of drug-likeness (QED) is 0.476. The number of carbonyl (C=O) groups excluding carboxylic acids is 1. The minimum atomic E-state index is -0.179. The van der Waals surface area contributed by atoms with Gasteiger partial charge in [-0.2, -0.15) is 0 Å². The van der Waals surface area contributed by atoms with Gasteiger partial charge in [0, 0.05) is 32.9 Å². The number of benzene rings is 3. The number of carbonyl (C=O) groups is 1. The van der Waals surface area contributed by atoms with Crippen molar-refractivity contribution in [3.63, 3.8) is 0 Å². The van der Waals surface area contributed by atoms with Crippen molar-refractivity contribution >= 4 is 34.1 Å². The highest BCUT2D eigenvalue weighted by Crippen LogP contribution is 2.27. The number of methoxy groups -OCH3 is 1. The van der Waals surface area contributed by atoms with Gasteiger partial charge in [-0.25, -0.2) is 0 Å². The molecule has 4 nitrogen and oxygen atoms in total. The van der Waals surface area contributed by atoms with Gasteiger partial charge in [0.05, 0.1) is 7.11 Å². The molecule has 0 spiro atoms. The SMILES string of the molecule is COc1cccc(C(=O)Nc2ccc(-c3cc4cc(Cl)ccc4[nH]3)cc2)c1. The lowest BCUT2D eigenvalue weighted by molar-refractivity contribution is 0.102. The van der Waals surface area contributed by atoms with Gasteiger partial charge in [0.1, 0.15) is 5.75 Å². The number of anilines is 1. The van der Waals surface area contributed by atoms with Gasteiger partial charge in [-0.3, -0.25) is 4.79 Å². The fourth-order valence-electron chi connectivity index (χ4n) is 2.96. The summed E-state index contributed by atoms with van der Waals surface area (Å²) in [6.07, 6.45) is 0. The molecule has 0 aliphatic rings. The number of halogens is 1. The molecule has 0 atom stereocenters. The number of ether oxygens (including phenoxy) is 1. The number of hydrogen-bond donors (Lipinski definition) is 2. The second-order valence-corrected chi connectivity index (χ2v) is 6.61. The van der Waals surface area contributed by atoms with Crippen LogP contribution in [0.5, 0.6) is 5.75 Å². The van der Waals surface area contributed by atoms with Crippen molar-refractivity contribution in [1.29, 1.82) is 0 Å². The van der Waals surface area contributed by atoms with E-state index in [1.165, 1.54) is 0 Å². The Hall–Kier alpha value is -3.24. The van der Waals surface area contributed by atoms with E-state index in [1.807, 2.05) is 42.5 Å². The van der Waals surface area contributed by atoms with Crippen LogP contribution in [0.3, 0.4) is 0 Å². The number of aromatic amines is 1. The van der Waals surface area contributed by atoms with Gasteiger partial charge in [0.25, 0.3) is 5.91 Å². The van der Waals surface area contributed by atoms with E-state index in [0.29, 0.717) is 16.3 Å². The summed E-state index contributed by atoms with van der Waals surface area (Å²) >= 11 is 6.05. The summed E-state index contributed by atoms with van der Waals surface area (Å²) in [5, 5.41) is 4.67. The molecule has 1 aromatic heterocycles. The van der Waals surface area contributed by atoms with E-state index >= 15 is 0 Å². The van der Waals surface area contributed by atoms with Gasteiger partial charge in [0.15, 0.2) is 0 Å². The predicted octanol–water partition coefficient (Wildman–Crippen LogP) is 5.75. The number of rotatable bonds is 4. The van der Waals surface area contributed by atoms with E-state index < -0.39 is 0 Å². The molecule has 0 aliphatic carbocycles. The normalized spacial score (nSPS) is 10.7. The van der Waals surface area contributed by atoms with E-state index in [9.17, 15) is 4.79 Å². The molecule has 2 N–H and O–H groups in total. The third-order valence-corrected chi connectivity index (χ3v) is 4.60. The minimum Gasteiger partial charge on any atom is -0.497 e. The van der Waals surface area contributed by atoms with Crippen molar-refractivity contribution in [3.8, 4) is 17.0 Å². The Labute approximate surface area is 161 Å². The first kappa shape index (κ1) is 17.2. The Morgan fingerprint density at radius 3 is 2.59 bits per heavy atom. The maximum absolute atomic E-state index is 12.4. The van der Waals surface area contributed by atoms with Gasteiger partial charge in [-0.1, -0.05) is 29.8 Å². The first-order chi connectivity index (χ1) is 13.1. The first-order valence-electron chi connectivity index (χ1n) is 8.46. The molecule has 0 aliphatic heterocycles. The maximum Gasteiger partial charge on any atom is 0.255 e. The zero-order valence-corrected chi connectivity index (χ0v) is 15.4. The zero-order chi connectivity index (χ0) is 18.8. The van der Waals surface area contributed by atoms with Crippen LogP contribution in [0.2, 0.25) is 5.02 Å². The lowest BCUT2D eigenvalue weighted by Crippen LogP contribution is -2.11. The van der Waals surface area contributed by atoms with Crippen molar-refractivity contribution in [2.24, 2.45) is 0 Å². The van der Waals surface area contributed by atoms with Crippen LogP contribution in [0.1, 0.15) is 10.4 Å². The second-order valence-electron chi connectivity index (χ2n) is 6.18.